The molecule has 2 N–H and O–H groups in total. The van der Waals surface area contributed by atoms with Gasteiger partial charge >= 0.3 is 0 Å². The molecule has 0 radical (unpaired) electrons. The number of nitrogens with two attached hydrogens (primary N) is 1. The van der Waals surface area contributed by atoms with Crippen LogP contribution >= 0.6 is 12.2 Å². The zero-order valence-electron chi connectivity index (χ0n) is 10.8. The molecule has 1 aliphatic rings. The Kier molecular flexibility index (Phi) is 4.14. The summed E-state index contributed by atoms with van der Waals surface area (Å²) in [5, 5.41) is 0. The minimum Gasteiger partial charge on any atom is -0.389 e. The monoisotopic (exact) mass is 265 g/mol. The van der Waals surface area contributed by atoms with Crippen LogP contribution < -0.4 is 10.6 Å². The molecule has 1 aromatic heterocycles. The molecule has 0 atom stereocenters. The highest BCUT2D eigenvalue weighted by atomic mass is 32.1. The predicted molar refractivity (Wildman–Crippen MR) is 77.1 cm³/mol. The lowest BCUT2D eigenvalue weighted by molar-refractivity contribution is 0.0853. The van der Waals surface area contributed by atoms with Crippen LogP contribution in [0.15, 0.2) is 12.1 Å². The summed E-state index contributed by atoms with van der Waals surface area (Å²) >= 11 is 5.10. The first-order chi connectivity index (χ1) is 8.59. The van der Waals surface area contributed by atoms with E-state index in [2.05, 4.69) is 16.9 Å². The van der Waals surface area contributed by atoms with Crippen molar-refractivity contribution in [1.82, 2.24) is 4.98 Å². The van der Waals surface area contributed by atoms with Crippen LogP contribution in [0.3, 0.4) is 0 Å². The van der Waals surface area contributed by atoms with Crippen LogP contribution in [0.5, 0.6) is 0 Å². The van der Waals surface area contributed by atoms with Crippen LogP contribution in [0.2, 0.25) is 0 Å². The van der Waals surface area contributed by atoms with Crippen molar-refractivity contribution in [2.24, 2.45) is 5.73 Å². The first-order valence-electron chi connectivity index (χ1n) is 6.17. The average molecular weight is 265 g/mol. The minimum atomic E-state index is 0.399. The van der Waals surface area contributed by atoms with E-state index in [-0.39, 0.29) is 0 Å². The number of aromatic nitrogens is 1. The number of rotatable bonds is 3. The van der Waals surface area contributed by atoms with E-state index < -0.39 is 0 Å². The minimum absolute atomic E-state index is 0.399. The van der Waals surface area contributed by atoms with Crippen molar-refractivity contribution in [2.45, 2.75) is 25.8 Å². The third-order valence-corrected chi connectivity index (χ3v) is 3.57. The Labute approximate surface area is 113 Å². The topological polar surface area (TPSA) is 51.4 Å². The van der Waals surface area contributed by atoms with Crippen LogP contribution in [0, 0.1) is 6.92 Å². The maximum Gasteiger partial charge on any atom is 0.139 e. The molecular weight excluding hydrogens is 246 g/mol. The number of aryl methyl sites for hydroxylation is 1. The maximum atomic E-state index is 5.77. The van der Waals surface area contributed by atoms with E-state index in [1.165, 1.54) is 0 Å². The van der Waals surface area contributed by atoms with Gasteiger partial charge < -0.3 is 15.4 Å². The second-order valence-corrected chi connectivity index (χ2v) is 5.08. The average Bonchev–Trinajstić information content (AvgIpc) is 2.38. The normalized spacial score (nSPS) is 16.6. The SMILES string of the molecule is Cc1ccc(C(N)=S)c(N(C)C2CCOCC2)n1. The summed E-state index contributed by atoms with van der Waals surface area (Å²) in [7, 11) is 2.06. The van der Waals surface area contributed by atoms with Crippen LogP contribution in [0.25, 0.3) is 0 Å². The van der Waals surface area contributed by atoms with Gasteiger partial charge in [0, 0.05) is 32.0 Å². The first kappa shape index (κ1) is 13.2. The summed E-state index contributed by atoms with van der Waals surface area (Å²) in [5.41, 5.74) is 7.60. The maximum absolute atomic E-state index is 5.77. The van der Waals surface area contributed by atoms with Gasteiger partial charge in [0.05, 0.1) is 5.56 Å². The molecule has 0 spiro atoms. The van der Waals surface area contributed by atoms with Gasteiger partial charge in [0.25, 0.3) is 0 Å². The lowest BCUT2D eigenvalue weighted by atomic mass is 10.1. The molecule has 1 aliphatic heterocycles. The third kappa shape index (κ3) is 2.79. The molecule has 2 heterocycles. The number of hydrogen-bond donors (Lipinski definition) is 1. The Morgan fingerprint density at radius 2 is 2.11 bits per heavy atom. The Morgan fingerprint density at radius 1 is 1.44 bits per heavy atom. The molecule has 0 aliphatic carbocycles. The van der Waals surface area contributed by atoms with E-state index >= 15 is 0 Å². The summed E-state index contributed by atoms with van der Waals surface area (Å²) in [4.78, 5) is 7.17. The van der Waals surface area contributed by atoms with Gasteiger partial charge in [0.15, 0.2) is 0 Å². The first-order valence-corrected chi connectivity index (χ1v) is 6.58. The van der Waals surface area contributed by atoms with Crippen LogP contribution in [-0.2, 0) is 4.74 Å². The zero-order valence-corrected chi connectivity index (χ0v) is 11.7. The Hall–Kier alpha value is -1.20. The summed E-state index contributed by atoms with van der Waals surface area (Å²) in [6.45, 7) is 3.59. The van der Waals surface area contributed by atoms with Crippen molar-refractivity contribution in [3.05, 3.63) is 23.4 Å². The molecular formula is C13H19N3OS. The van der Waals surface area contributed by atoms with Gasteiger partial charge in [-0.2, -0.15) is 0 Å². The van der Waals surface area contributed by atoms with Crippen molar-refractivity contribution in [2.75, 3.05) is 25.2 Å². The number of ether oxygens (including phenoxy) is 1. The molecule has 1 aromatic rings. The zero-order chi connectivity index (χ0) is 13.1. The Bertz CT molecular complexity index is 444. The lowest BCUT2D eigenvalue weighted by Gasteiger charge is -2.33. The van der Waals surface area contributed by atoms with E-state index in [1.54, 1.807) is 0 Å². The Morgan fingerprint density at radius 3 is 2.72 bits per heavy atom. The van der Waals surface area contributed by atoms with E-state index in [4.69, 9.17) is 22.7 Å². The van der Waals surface area contributed by atoms with E-state index in [0.29, 0.717) is 11.0 Å². The van der Waals surface area contributed by atoms with E-state index in [0.717, 1.165) is 43.1 Å². The molecule has 1 fully saturated rings. The molecule has 0 bridgehead atoms. The second kappa shape index (κ2) is 5.63. The summed E-state index contributed by atoms with van der Waals surface area (Å²) in [5.74, 6) is 0.884. The smallest absolute Gasteiger partial charge is 0.139 e. The van der Waals surface area contributed by atoms with Crippen molar-refractivity contribution >= 4 is 23.0 Å². The highest BCUT2D eigenvalue weighted by molar-refractivity contribution is 7.80. The van der Waals surface area contributed by atoms with Crippen molar-refractivity contribution in [1.29, 1.82) is 0 Å². The van der Waals surface area contributed by atoms with Crippen LogP contribution in [0.1, 0.15) is 24.1 Å². The molecule has 98 valence electrons. The van der Waals surface area contributed by atoms with Gasteiger partial charge in [0.2, 0.25) is 0 Å². The van der Waals surface area contributed by atoms with E-state index in [1.807, 2.05) is 19.1 Å². The second-order valence-electron chi connectivity index (χ2n) is 4.64. The molecule has 2 rings (SSSR count). The number of nitrogens with zero attached hydrogens (tertiary/aromatic N) is 2. The van der Waals surface area contributed by atoms with E-state index in [9.17, 15) is 0 Å². The van der Waals surface area contributed by atoms with Crippen molar-refractivity contribution in [3.8, 4) is 0 Å². The standard InChI is InChI=1S/C13H19N3OS/c1-9-3-4-11(12(14)18)13(15-9)16(2)10-5-7-17-8-6-10/h3-4,10H,5-8H2,1-2H3,(H2,14,18). The summed E-state index contributed by atoms with van der Waals surface area (Å²) in [6, 6.07) is 4.34. The predicted octanol–water partition coefficient (Wildman–Crippen LogP) is 1.64. The molecule has 18 heavy (non-hydrogen) atoms. The molecule has 4 nitrogen and oxygen atoms in total. The number of hydrogen-bond acceptors (Lipinski definition) is 4. The largest absolute Gasteiger partial charge is 0.389 e. The molecule has 0 saturated carbocycles. The fourth-order valence-corrected chi connectivity index (χ4v) is 2.41. The molecule has 0 amide bonds. The fraction of sp³-hybridized carbons (Fsp3) is 0.538. The molecule has 1 saturated heterocycles. The lowest BCUT2D eigenvalue weighted by Crippen LogP contribution is -2.38. The van der Waals surface area contributed by atoms with Gasteiger partial charge in [-0.25, -0.2) is 4.98 Å². The molecule has 5 heteroatoms. The van der Waals surface area contributed by atoms with Crippen LogP contribution in [-0.4, -0.2) is 36.3 Å². The molecule has 0 aromatic carbocycles. The fourth-order valence-electron chi connectivity index (χ4n) is 2.25. The van der Waals surface area contributed by atoms with Crippen LogP contribution in [0.4, 0.5) is 5.82 Å². The van der Waals surface area contributed by atoms with Gasteiger partial charge in [-0.3, -0.25) is 0 Å². The number of thiocarbonyl (C=S) groups is 1. The number of pyridine rings is 1. The van der Waals surface area contributed by atoms with Gasteiger partial charge in [0.1, 0.15) is 10.8 Å². The molecule has 0 unspecified atom stereocenters. The summed E-state index contributed by atoms with van der Waals surface area (Å²) < 4.78 is 5.39. The van der Waals surface area contributed by atoms with Gasteiger partial charge in [-0.05, 0) is 31.9 Å². The highest BCUT2D eigenvalue weighted by Gasteiger charge is 2.22. The number of anilines is 1. The Balaban J connectivity index is 2.30. The van der Waals surface area contributed by atoms with Gasteiger partial charge in [-0.1, -0.05) is 12.2 Å². The quantitative estimate of drug-likeness (QED) is 0.842. The van der Waals surface area contributed by atoms with Crippen molar-refractivity contribution < 1.29 is 4.74 Å². The summed E-state index contributed by atoms with van der Waals surface area (Å²) in [6.07, 6.45) is 2.03. The third-order valence-electron chi connectivity index (χ3n) is 3.35. The van der Waals surface area contributed by atoms with Crippen molar-refractivity contribution in [3.63, 3.8) is 0 Å². The highest BCUT2D eigenvalue weighted by Crippen LogP contribution is 2.23. The van der Waals surface area contributed by atoms with Gasteiger partial charge in [-0.15, -0.1) is 0 Å².